The predicted octanol–water partition coefficient (Wildman–Crippen LogP) is 2.46. The highest BCUT2D eigenvalue weighted by Crippen LogP contribution is 2.30. The van der Waals surface area contributed by atoms with E-state index in [1.54, 1.807) is 6.07 Å². The van der Waals surface area contributed by atoms with E-state index in [-0.39, 0.29) is 5.56 Å². The van der Waals surface area contributed by atoms with Gasteiger partial charge in [-0.25, -0.2) is 13.6 Å². The Morgan fingerprint density at radius 2 is 1.56 bits per heavy atom. The molecule has 1 heterocycles. The molecule has 0 radical (unpaired) electrons. The molecule has 0 aliphatic heterocycles. The number of carbonyl (C=O) groups excluding carboxylic acids is 2. The Morgan fingerprint density at radius 3 is 2.04 bits per heavy atom. The van der Waals surface area contributed by atoms with Crippen molar-refractivity contribution < 1.29 is 31.9 Å². The minimum absolute atomic E-state index is 0.0495. The standard InChI is InChI=1S/C16H12F4N2O3/c1-16(15(24)25-2,22-14(23)8-6-4-3-5-7-8)9-10(17)12(19)21-13(20)11(9)18/h3-7H,1-2H3,(H,22,23)/t16-/m1/s1. The molecule has 0 aliphatic carbocycles. The smallest absolute Gasteiger partial charge is 0.336 e. The summed E-state index contributed by atoms with van der Waals surface area (Å²) in [6, 6.07) is 7.37. The average Bonchev–Trinajstić information content (AvgIpc) is 2.60. The minimum atomic E-state index is -2.54. The molecule has 0 aliphatic rings. The molecule has 1 amide bonds. The first kappa shape index (κ1) is 18.4. The van der Waals surface area contributed by atoms with Gasteiger partial charge >= 0.3 is 5.97 Å². The maximum absolute atomic E-state index is 14.1. The van der Waals surface area contributed by atoms with E-state index in [1.165, 1.54) is 24.3 Å². The van der Waals surface area contributed by atoms with Crippen LogP contribution in [0.4, 0.5) is 17.6 Å². The van der Waals surface area contributed by atoms with Gasteiger partial charge in [-0.2, -0.15) is 13.8 Å². The number of nitrogens with zero attached hydrogens (tertiary/aromatic N) is 1. The molecule has 1 aromatic heterocycles. The lowest BCUT2D eigenvalue weighted by molar-refractivity contribution is -0.148. The molecule has 2 aromatic rings. The van der Waals surface area contributed by atoms with Crippen molar-refractivity contribution in [3.63, 3.8) is 0 Å². The molecule has 0 bridgehead atoms. The molecule has 1 N–H and O–H groups in total. The van der Waals surface area contributed by atoms with Gasteiger partial charge in [-0.3, -0.25) is 4.79 Å². The van der Waals surface area contributed by atoms with E-state index in [0.29, 0.717) is 0 Å². The molecule has 0 spiro atoms. The quantitative estimate of drug-likeness (QED) is 0.519. The van der Waals surface area contributed by atoms with E-state index in [9.17, 15) is 27.2 Å². The van der Waals surface area contributed by atoms with Crippen LogP contribution < -0.4 is 5.32 Å². The lowest BCUT2D eigenvalue weighted by atomic mass is 9.91. The predicted molar refractivity (Wildman–Crippen MR) is 77.3 cm³/mol. The number of benzene rings is 1. The molecular formula is C16H12F4N2O3. The van der Waals surface area contributed by atoms with Crippen molar-refractivity contribution in [1.29, 1.82) is 0 Å². The number of ether oxygens (including phenoxy) is 1. The number of pyridine rings is 1. The summed E-state index contributed by atoms with van der Waals surface area (Å²) in [4.78, 5) is 26.8. The van der Waals surface area contributed by atoms with Gasteiger partial charge in [0.25, 0.3) is 17.8 Å². The van der Waals surface area contributed by atoms with Crippen LogP contribution in [0.25, 0.3) is 0 Å². The van der Waals surface area contributed by atoms with Crippen LogP contribution in [0.2, 0.25) is 0 Å². The summed E-state index contributed by atoms with van der Waals surface area (Å²) in [5.41, 5.74) is -3.84. The second-order valence-electron chi connectivity index (χ2n) is 5.13. The maximum Gasteiger partial charge on any atom is 0.336 e. The number of halogens is 4. The topological polar surface area (TPSA) is 68.3 Å². The number of nitrogens with one attached hydrogen (secondary N) is 1. The molecule has 0 saturated heterocycles. The molecule has 2 rings (SSSR count). The van der Waals surface area contributed by atoms with Gasteiger partial charge in [0.05, 0.1) is 12.7 Å². The van der Waals surface area contributed by atoms with Crippen molar-refractivity contribution in [1.82, 2.24) is 10.3 Å². The van der Waals surface area contributed by atoms with Crippen LogP contribution in [0.15, 0.2) is 30.3 Å². The van der Waals surface area contributed by atoms with Gasteiger partial charge in [-0.15, -0.1) is 0 Å². The van der Waals surface area contributed by atoms with E-state index >= 15 is 0 Å². The Kier molecular flexibility index (Phi) is 5.05. The first-order valence-electron chi connectivity index (χ1n) is 6.88. The van der Waals surface area contributed by atoms with E-state index in [1.807, 2.05) is 0 Å². The zero-order chi connectivity index (χ0) is 18.8. The molecule has 0 saturated carbocycles. The monoisotopic (exact) mass is 356 g/mol. The normalized spacial score (nSPS) is 13.0. The molecule has 0 fully saturated rings. The third-order valence-electron chi connectivity index (χ3n) is 3.49. The van der Waals surface area contributed by atoms with Crippen LogP contribution in [-0.2, 0) is 15.1 Å². The fourth-order valence-electron chi connectivity index (χ4n) is 2.23. The fraction of sp³-hybridized carbons (Fsp3) is 0.188. The highest BCUT2D eigenvalue weighted by Gasteiger charge is 2.45. The zero-order valence-electron chi connectivity index (χ0n) is 13.1. The average molecular weight is 356 g/mol. The zero-order valence-corrected chi connectivity index (χ0v) is 13.1. The highest BCUT2D eigenvalue weighted by atomic mass is 19.2. The molecule has 5 nitrogen and oxygen atoms in total. The second-order valence-corrected chi connectivity index (χ2v) is 5.13. The van der Waals surface area contributed by atoms with Crippen molar-refractivity contribution >= 4 is 11.9 Å². The van der Waals surface area contributed by atoms with Crippen molar-refractivity contribution in [2.45, 2.75) is 12.5 Å². The largest absolute Gasteiger partial charge is 0.467 e. The number of amides is 1. The number of methoxy groups -OCH3 is 1. The molecular weight excluding hydrogens is 344 g/mol. The fourth-order valence-corrected chi connectivity index (χ4v) is 2.23. The maximum atomic E-state index is 14.1. The van der Waals surface area contributed by atoms with Gasteiger partial charge < -0.3 is 10.1 Å². The third kappa shape index (κ3) is 3.30. The van der Waals surface area contributed by atoms with Gasteiger partial charge in [0.1, 0.15) is 0 Å². The first-order chi connectivity index (χ1) is 11.7. The molecule has 1 aromatic carbocycles. The molecule has 9 heteroatoms. The van der Waals surface area contributed by atoms with Gasteiger partial charge in [0, 0.05) is 5.56 Å². The van der Waals surface area contributed by atoms with Crippen LogP contribution in [0.5, 0.6) is 0 Å². The number of hydrogen-bond acceptors (Lipinski definition) is 4. The van der Waals surface area contributed by atoms with Crippen LogP contribution in [0.1, 0.15) is 22.8 Å². The number of aromatic nitrogens is 1. The SMILES string of the molecule is COC(=O)[C@](C)(NC(=O)c1ccccc1)c1c(F)c(F)nc(F)c1F. The van der Waals surface area contributed by atoms with Gasteiger partial charge in [-0.05, 0) is 19.1 Å². The summed E-state index contributed by atoms with van der Waals surface area (Å²) < 4.78 is 59.5. The minimum Gasteiger partial charge on any atom is -0.467 e. The van der Waals surface area contributed by atoms with Crippen LogP contribution in [-0.4, -0.2) is 24.0 Å². The van der Waals surface area contributed by atoms with Crippen LogP contribution in [0.3, 0.4) is 0 Å². The Labute approximate surface area is 139 Å². The highest BCUT2D eigenvalue weighted by molar-refractivity contribution is 5.98. The van der Waals surface area contributed by atoms with Crippen LogP contribution in [0, 0.1) is 23.5 Å². The summed E-state index contributed by atoms with van der Waals surface area (Å²) in [7, 11) is 0.888. The Morgan fingerprint density at radius 1 is 1.04 bits per heavy atom. The summed E-state index contributed by atoms with van der Waals surface area (Å²) in [6.45, 7) is 0.861. The number of carbonyl (C=O) groups is 2. The van der Waals surface area contributed by atoms with E-state index in [4.69, 9.17) is 0 Å². The van der Waals surface area contributed by atoms with Crippen molar-refractivity contribution in [3.05, 3.63) is 65.0 Å². The first-order valence-corrected chi connectivity index (χ1v) is 6.88. The van der Waals surface area contributed by atoms with E-state index in [2.05, 4.69) is 15.0 Å². The second kappa shape index (κ2) is 6.88. The number of esters is 1. The number of rotatable bonds is 4. The van der Waals surface area contributed by atoms with Gasteiger partial charge in [0.15, 0.2) is 17.2 Å². The summed E-state index contributed by atoms with van der Waals surface area (Å²) in [5, 5.41) is 2.06. The van der Waals surface area contributed by atoms with Crippen LogP contribution >= 0.6 is 0 Å². The number of hydrogen-bond donors (Lipinski definition) is 1. The van der Waals surface area contributed by atoms with Crippen molar-refractivity contribution in [2.75, 3.05) is 7.11 Å². The third-order valence-corrected chi connectivity index (χ3v) is 3.49. The molecule has 132 valence electrons. The Bertz CT molecular complexity index is 804. The van der Waals surface area contributed by atoms with E-state index in [0.717, 1.165) is 14.0 Å². The van der Waals surface area contributed by atoms with E-state index < -0.39 is 46.5 Å². The summed E-state index contributed by atoms with van der Waals surface area (Å²) >= 11 is 0. The summed E-state index contributed by atoms with van der Waals surface area (Å²) in [5.74, 6) is -10.00. The van der Waals surface area contributed by atoms with Gasteiger partial charge in [0.2, 0.25) is 0 Å². The lowest BCUT2D eigenvalue weighted by Gasteiger charge is -2.29. The molecule has 1 atom stereocenters. The summed E-state index contributed by atoms with van der Waals surface area (Å²) in [6.07, 6.45) is 0. The van der Waals surface area contributed by atoms with Gasteiger partial charge in [-0.1, -0.05) is 18.2 Å². The Hall–Kier alpha value is -2.97. The molecule has 25 heavy (non-hydrogen) atoms. The lowest BCUT2D eigenvalue weighted by Crippen LogP contribution is -2.51. The Balaban J connectivity index is 2.61. The van der Waals surface area contributed by atoms with Crippen molar-refractivity contribution in [2.24, 2.45) is 0 Å². The van der Waals surface area contributed by atoms with Crippen molar-refractivity contribution in [3.8, 4) is 0 Å². The molecule has 0 unspecified atom stereocenters.